The second kappa shape index (κ2) is 14.9. The molecule has 0 atom stereocenters. The number of likely N-dealkylation sites (tertiary alicyclic amines) is 1. The van der Waals surface area contributed by atoms with Crippen molar-refractivity contribution in [2.45, 2.75) is 39.0 Å². The van der Waals surface area contributed by atoms with Crippen LogP contribution in [0.5, 0.6) is 11.5 Å². The number of rotatable bonds is 15. The Bertz CT molecular complexity index is 1020. The monoisotopic (exact) mass is 525 g/mol. The maximum absolute atomic E-state index is 5.86. The van der Waals surface area contributed by atoms with Gasteiger partial charge >= 0.3 is 0 Å². The van der Waals surface area contributed by atoms with Crippen LogP contribution in [-0.4, -0.2) is 63.6 Å². The number of aromatic nitrogens is 1. The minimum absolute atomic E-state index is 0.484. The van der Waals surface area contributed by atoms with Crippen LogP contribution in [0, 0.1) is 0 Å². The normalized spacial score (nSPS) is 14.0. The Morgan fingerprint density at radius 1 is 0.838 bits per heavy atom. The summed E-state index contributed by atoms with van der Waals surface area (Å²) in [5, 5.41) is 3.04. The first-order valence-corrected chi connectivity index (χ1v) is 13.9. The van der Waals surface area contributed by atoms with Crippen LogP contribution in [0.25, 0.3) is 0 Å². The van der Waals surface area contributed by atoms with Crippen molar-refractivity contribution >= 4 is 16.5 Å². The Morgan fingerprint density at radius 2 is 1.49 bits per heavy atom. The van der Waals surface area contributed by atoms with Crippen molar-refractivity contribution in [2.75, 3.05) is 58.6 Å². The van der Waals surface area contributed by atoms with Crippen LogP contribution in [0.1, 0.15) is 36.1 Å². The van der Waals surface area contributed by atoms with Crippen molar-refractivity contribution in [2.24, 2.45) is 0 Å². The molecule has 1 aliphatic heterocycles. The summed E-state index contributed by atoms with van der Waals surface area (Å²) in [5.41, 5.74) is 3.27. The van der Waals surface area contributed by atoms with Gasteiger partial charge in [0.05, 0.1) is 46.3 Å². The van der Waals surface area contributed by atoms with Crippen molar-refractivity contribution in [3.8, 4) is 11.5 Å². The Hall–Kier alpha value is -2.65. The van der Waals surface area contributed by atoms with Crippen molar-refractivity contribution in [3.63, 3.8) is 0 Å². The van der Waals surface area contributed by atoms with Gasteiger partial charge in [-0.25, -0.2) is 4.98 Å². The molecule has 1 aromatic heterocycles. The third-order valence-electron chi connectivity index (χ3n) is 6.45. The van der Waals surface area contributed by atoms with E-state index >= 15 is 0 Å². The van der Waals surface area contributed by atoms with E-state index in [1.807, 2.05) is 24.3 Å². The molecule has 8 heteroatoms. The molecule has 1 aliphatic rings. The van der Waals surface area contributed by atoms with Crippen molar-refractivity contribution in [3.05, 3.63) is 70.7 Å². The summed E-state index contributed by atoms with van der Waals surface area (Å²) in [6.45, 7) is 7.31. The quantitative estimate of drug-likeness (QED) is 0.247. The third kappa shape index (κ3) is 9.00. The second-order valence-corrected chi connectivity index (χ2v) is 10.1. The van der Waals surface area contributed by atoms with Gasteiger partial charge in [0.2, 0.25) is 0 Å². The van der Waals surface area contributed by atoms with E-state index in [2.05, 4.69) is 39.4 Å². The summed E-state index contributed by atoms with van der Waals surface area (Å²) < 4.78 is 22.5. The standard InChI is InChI=1S/C29H39N3O4S/c1-33-27-10-6-8-24(18-27)20-32(21-25-9-7-11-28(19-25)34-2)29-30-26(23-37-29)22-36-17-16-35-15-14-31-12-4-3-5-13-31/h6-11,18-19,23H,3-5,12-17,20-22H2,1-2H3. The molecular formula is C29H39N3O4S. The lowest BCUT2D eigenvalue weighted by Crippen LogP contribution is -2.32. The summed E-state index contributed by atoms with van der Waals surface area (Å²) >= 11 is 1.64. The number of piperidine rings is 1. The van der Waals surface area contributed by atoms with E-state index in [1.54, 1.807) is 25.6 Å². The van der Waals surface area contributed by atoms with Crippen LogP contribution in [0.4, 0.5) is 5.13 Å². The summed E-state index contributed by atoms with van der Waals surface area (Å²) in [7, 11) is 3.39. The number of nitrogens with zero attached hydrogens (tertiary/aromatic N) is 3. The van der Waals surface area contributed by atoms with Gasteiger partial charge in [-0.3, -0.25) is 0 Å². The molecule has 0 radical (unpaired) electrons. The van der Waals surface area contributed by atoms with Crippen molar-refractivity contribution < 1.29 is 18.9 Å². The molecule has 0 N–H and O–H groups in total. The molecule has 4 rings (SSSR count). The fourth-order valence-electron chi connectivity index (χ4n) is 4.45. The van der Waals surface area contributed by atoms with Crippen LogP contribution in [-0.2, 0) is 29.2 Å². The maximum atomic E-state index is 5.86. The van der Waals surface area contributed by atoms with Gasteiger partial charge in [0.1, 0.15) is 11.5 Å². The highest BCUT2D eigenvalue weighted by atomic mass is 32.1. The molecule has 0 aliphatic carbocycles. The highest BCUT2D eigenvalue weighted by molar-refractivity contribution is 7.13. The molecule has 3 aromatic rings. The van der Waals surface area contributed by atoms with Gasteiger partial charge in [-0.15, -0.1) is 11.3 Å². The number of methoxy groups -OCH3 is 2. The number of hydrogen-bond acceptors (Lipinski definition) is 8. The summed E-state index contributed by atoms with van der Waals surface area (Å²) in [5.74, 6) is 1.70. The smallest absolute Gasteiger partial charge is 0.186 e. The molecule has 200 valence electrons. The molecule has 0 spiro atoms. The second-order valence-electron chi connectivity index (χ2n) is 9.25. The van der Waals surface area contributed by atoms with Gasteiger partial charge in [-0.1, -0.05) is 30.7 Å². The SMILES string of the molecule is COc1cccc(CN(Cc2cccc(OC)c2)c2nc(COCCOCCN3CCCCC3)cs2)c1. The van der Waals surface area contributed by atoms with E-state index in [9.17, 15) is 0 Å². The number of hydrogen-bond donors (Lipinski definition) is 0. The van der Waals surface area contributed by atoms with E-state index in [4.69, 9.17) is 23.9 Å². The lowest BCUT2D eigenvalue weighted by Gasteiger charge is -2.26. The van der Waals surface area contributed by atoms with Crippen LogP contribution < -0.4 is 14.4 Å². The average molecular weight is 526 g/mol. The van der Waals surface area contributed by atoms with E-state index in [0.29, 0.717) is 32.9 Å². The van der Waals surface area contributed by atoms with E-state index in [0.717, 1.165) is 46.6 Å². The molecule has 0 bridgehead atoms. The fourth-order valence-corrected chi connectivity index (χ4v) is 5.27. The van der Waals surface area contributed by atoms with Gasteiger partial charge in [0, 0.05) is 25.0 Å². The van der Waals surface area contributed by atoms with E-state index < -0.39 is 0 Å². The lowest BCUT2D eigenvalue weighted by molar-refractivity contribution is 0.0300. The largest absolute Gasteiger partial charge is 0.497 e. The molecule has 1 fully saturated rings. The first kappa shape index (κ1) is 27.4. The zero-order chi connectivity index (χ0) is 25.7. The highest BCUT2D eigenvalue weighted by Crippen LogP contribution is 2.27. The van der Waals surface area contributed by atoms with Crippen LogP contribution in [0.2, 0.25) is 0 Å². The Morgan fingerprint density at radius 3 is 2.14 bits per heavy atom. The average Bonchev–Trinajstić information content (AvgIpc) is 3.42. The molecular weight excluding hydrogens is 486 g/mol. The Balaban J connectivity index is 1.30. The first-order valence-electron chi connectivity index (χ1n) is 13.1. The molecule has 2 aromatic carbocycles. The van der Waals surface area contributed by atoms with Crippen LogP contribution in [0.15, 0.2) is 53.9 Å². The summed E-state index contributed by atoms with van der Waals surface area (Å²) in [6, 6.07) is 16.3. The molecule has 7 nitrogen and oxygen atoms in total. The number of thiazole rings is 1. The maximum Gasteiger partial charge on any atom is 0.186 e. The van der Waals surface area contributed by atoms with Crippen LogP contribution >= 0.6 is 11.3 Å². The predicted octanol–water partition coefficient (Wildman–Crippen LogP) is 5.39. The van der Waals surface area contributed by atoms with Crippen molar-refractivity contribution in [1.82, 2.24) is 9.88 Å². The molecule has 0 saturated carbocycles. The van der Waals surface area contributed by atoms with Gasteiger partial charge in [-0.2, -0.15) is 0 Å². The molecule has 0 unspecified atom stereocenters. The topological polar surface area (TPSA) is 56.3 Å². The zero-order valence-electron chi connectivity index (χ0n) is 22.1. The molecule has 1 saturated heterocycles. The van der Waals surface area contributed by atoms with Gasteiger partial charge in [-0.05, 0) is 61.3 Å². The molecule has 2 heterocycles. The first-order chi connectivity index (χ1) is 18.2. The van der Waals surface area contributed by atoms with Gasteiger partial charge < -0.3 is 28.7 Å². The van der Waals surface area contributed by atoms with Crippen LogP contribution in [0.3, 0.4) is 0 Å². The van der Waals surface area contributed by atoms with E-state index in [1.165, 1.54) is 32.4 Å². The molecule has 0 amide bonds. The lowest BCUT2D eigenvalue weighted by atomic mass is 10.1. The fraction of sp³-hybridized carbons (Fsp3) is 0.483. The summed E-state index contributed by atoms with van der Waals surface area (Å²) in [6.07, 6.45) is 3.99. The third-order valence-corrected chi connectivity index (χ3v) is 7.40. The van der Waals surface area contributed by atoms with Crippen molar-refractivity contribution in [1.29, 1.82) is 0 Å². The van der Waals surface area contributed by atoms with Gasteiger partial charge in [0.25, 0.3) is 0 Å². The minimum atomic E-state index is 0.484. The zero-order valence-corrected chi connectivity index (χ0v) is 22.9. The van der Waals surface area contributed by atoms with Gasteiger partial charge in [0.15, 0.2) is 5.13 Å². The number of benzene rings is 2. The highest BCUT2D eigenvalue weighted by Gasteiger charge is 2.14. The Labute approximate surface area is 224 Å². The number of anilines is 1. The summed E-state index contributed by atoms with van der Waals surface area (Å²) in [4.78, 5) is 9.66. The number of ether oxygens (including phenoxy) is 4. The Kier molecular flexibility index (Phi) is 11.1. The predicted molar refractivity (Wildman–Crippen MR) is 149 cm³/mol. The van der Waals surface area contributed by atoms with E-state index in [-0.39, 0.29) is 0 Å². The minimum Gasteiger partial charge on any atom is -0.497 e. The molecule has 37 heavy (non-hydrogen) atoms.